The summed E-state index contributed by atoms with van der Waals surface area (Å²) >= 11 is 1.21. The molecule has 18 heavy (non-hydrogen) atoms. The van der Waals surface area contributed by atoms with Gasteiger partial charge in [0.25, 0.3) is 0 Å². The van der Waals surface area contributed by atoms with Crippen LogP contribution in [-0.2, 0) is 4.79 Å². The molecule has 0 aliphatic carbocycles. The second kappa shape index (κ2) is 6.72. The van der Waals surface area contributed by atoms with E-state index in [4.69, 9.17) is 10.8 Å². The number of thioether (sulfide) groups is 1. The Morgan fingerprint density at radius 2 is 2.17 bits per heavy atom. The first-order valence-corrected chi connectivity index (χ1v) is 6.24. The summed E-state index contributed by atoms with van der Waals surface area (Å²) in [6.07, 6.45) is 0.557. The highest BCUT2D eigenvalue weighted by Crippen LogP contribution is 2.13. The SMILES string of the molecule is CC(=O)SCCC#Cc1cc(C(=O)O)ccc1N. The largest absolute Gasteiger partial charge is 0.478 e. The monoisotopic (exact) mass is 263 g/mol. The van der Waals surface area contributed by atoms with Crippen molar-refractivity contribution in [2.45, 2.75) is 13.3 Å². The first-order valence-electron chi connectivity index (χ1n) is 5.25. The third-order valence-electron chi connectivity index (χ3n) is 2.06. The lowest BCUT2D eigenvalue weighted by molar-refractivity contribution is -0.109. The van der Waals surface area contributed by atoms with E-state index in [9.17, 15) is 9.59 Å². The highest BCUT2D eigenvalue weighted by molar-refractivity contribution is 8.13. The number of carboxylic acid groups (broad SMARTS) is 1. The summed E-state index contributed by atoms with van der Waals surface area (Å²) in [6.45, 7) is 1.51. The standard InChI is InChI=1S/C13H13NO3S/c1-9(15)18-7-3-2-4-10-8-11(13(16)17)5-6-12(10)14/h5-6,8H,3,7,14H2,1H3,(H,16,17). The predicted octanol–water partition coefficient (Wildman–Crippen LogP) is 1.99. The van der Waals surface area contributed by atoms with E-state index in [1.165, 1.54) is 36.9 Å². The molecule has 0 amide bonds. The first-order chi connectivity index (χ1) is 8.50. The summed E-state index contributed by atoms with van der Waals surface area (Å²) in [5.74, 6) is 5.30. The van der Waals surface area contributed by atoms with Crippen LogP contribution in [0.3, 0.4) is 0 Å². The minimum atomic E-state index is -1.01. The Bertz CT molecular complexity index is 529. The molecule has 0 fully saturated rings. The summed E-state index contributed by atoms with van der Waals surface area (Å²) in [4.78, 5) is 21.5. The van der Waals surface area contributed by atoms with Crippen LogP contribution in [0, 0.1) is 11.8 Å². The molecular formula is C13H13NO3S. The smallest absolute Gasteiger partial charge is 0.335 e. The summed E-state index contributed by atoms with van der Waals surface area (Å²) in [7, 11) is 0. The van der Waals surface area contributed by atoms with Crippen molar-refractivity contribution >= 4 is 28.5 Å². The van der Waals surface area contributed by atoms with Crippen LogP contribution in [-0.4, -0.2) is 21.9 Å². The summed E-state index contributed by atoms with van der Waals surface area (Å²) < 4.78 is 0. The number of hydrogen-bond donors (Lipinski definition) is 2. The van der Waals surface area contributed by atoms with Gasteiger partial charge in [-0.3, -0.25) is 4.79 Å². The van der Waals surface area contributed by atoms with Gasteiger partial charge in [-0.1, -0.05) is 23.6 Å². The van der Waals surface area contributed by atoms with Crippen molar-refractivity contribution in [1.82, 2.24) is 0 Å². The van der Waals surface area contributed by atoms with Crippen LogP contribution >= 0.6 is 11.8 Å². The fourth-order valence-corrected chi connectivity index (χ4v) is 1.69. The number of nitrogens with two attached hydrogens (primary N) is 1. The highest BCUT2D eigenvalue weighted by atomic mass is 32.2. The molecule has 4 nitrogen and oxygen atoms in total. The van der Waals surface area contributed by atoms with Crippen LogP contribution in [0.1, 0.15) is 29.3 Å². The molecule has 0 spiro atoms. The quantitative estimate of drug-likeness (QED) is 0.495. The summed E-state index contributed by atoms with van der Waals surface area (Å²) in [6, 6.07) is 4.41. The van der Waals surface area contributed by atoms with Crippen molar-refractivity contribution in [2.24, 2.45) is 0 Å². The number of anilines is 1. The number of aromatic carboxylic acids is 1. The van der Waals surface area contributed by atoms with Crippen LogP contribution in [0.2, 0.25) is 0 Å². The second-order valence-corrected chi connectivity index (χ2v) is 4.77. The van der Waals surface area contributed by atoms with Gasteiger partial charge in [0.15, 0.2) is 5.12 Å². The zero-order chi connectivity index (χ0) is 13.5. The van der Waals surface area contributed by atoms with Gasteiger partial charge in [0.2, 0.25) is 0 Å². The van der Waals surface area contributed by atoms with Gasteiger partial charge in [-0.25, -0.2) is 4.79 Å². The van der Waals surface area contributed by atoms with Crippen molar-refractivity contribution in [3.8, 4) is 11.8 Å². The van der Waals surface area contributed by atoms with Gasteiger partial charge >= 0.3 is 5.97 Å². The van der Waals surface area contributed by atoms with Crippen LogP contribution in [0.5, 0.6) is 0 Å². The average molecular weight is 263 g/mol. The molecule has 0 bridgehead atoms. The Kier molecular flexibility index (Phi) is 5.28. The number of benzene rings is 1. The molecule has 0 atom stereocenters. The minimum absolute atomic E-state index is 0.0594. The van der Waals surface area contributed by atoms with E-state index in [2.05, 4.69) is 11.8 Å². The molecule has 0 radical (unpaired) electrons. The van der Waals surface area contributed by atoms with Gasteiger partial charge in [0.1, 0.15) is 0 Å². The van der Waals surface area contributed by atoms with Gasteiger partial charge in [-0.2, -0.15) is 0 Å². The Balaban J connectivity index is 2.71. The molecule has 94 valence electrons. The van der Waals surface area contributed by atoms with Crippen molar-refractivity contribution in [2.75, 3.05) is 11.5 Å². The lowest BCUT2D eigenvalue weighted by atomic mass is 10.1. The number of carbonyl (C=O) groups is 2. The summed E-state index contributed by atoms with van der Waals surface area (Å²) in [5.41, 5.74) is 6.81. The van der Waals surface area contributed by atoms with E-state index in [1.807, 2.05) is 0 Å². The van der Waals surface area contributed by atoms with Gasteiger partial charge < -0.3 is 10.8 Å². The minimum Gasteiger partial charge on any atom is -0.478 e. The van der Waals surface area contributed by atoms with E-state index in [1.54, 1.807) is 0 Å². The molecular weight excluding hydrogens is 250 g/mol. The molecule has 1 rings (SSSR count). The average Bonchev–Trinajstić information content (AvgIpc) is 2.30. The maximum atomic E-state index is 10.8. The number of rotatable bonds is 3. The topological polar surface area (TPSA) is 80.4 Å². The van der Waals surface area contributed by atoms with Gasteiger partial charge in [0, 0.05) is 30.3 Å². The van der Waals surface area contributed by atoms with Crippen molar-refractivity contribution in [1.29, 1.82) is 0 Å². The van der Waals surface area contributed by atoms with E-state index in [-0.39, 0.29) is 10.7 Å². The number of carboxylic acids is 1. The first kappa shape index (κ1) is 14.1. The van der Waals surface area contributed by atoms with E-state index in [0.29, 0.717) is 23.4 Å². The molecule has 0 aromatic heterocycles. The molecule has 5 heteroatoms. The molecule has 0 saturated heterocycles. The lowest BCUT2D eigenvalue weighted by Crippen LogP contribution is -1.99. The van der Waals surface area contributed by atoms with Crippen LogP contribution < -0.4 is 5.73 Å². The van der Waals surface area contributed by atoms with Crippen molar-refractivity contribution < 1.29 is 14.7 Å². The molecule has 0 aliphatic rings. The molecule has 0 heterocycles. The molecule has 3 N–H and O–H groups in total. The Morgan fingerprint density at radius 1 is 1.44 bits per heavy atom. The summed E-state index contributed by atoms with van der Waals surface area (Å²) in [5, 5.41) is 8.90. The van der Waals surface area contributed by atoms with Crippen LogP contribution in [0.4, 0.5) is 5.69 Å². The Labute approximate surface area is 110 Å². The Morgan fingerprint density at radius 3 is 2.78 bits per heavy atom. The maximum absolute atomic E-state index is 10.8. The van der Waals surface area contributed by atoms with E-state index >= 15 is 0 Å². The van der Waals surface area contributed by atoms with E-state index in [0.717, 1.165) is 0 Å². The van der Waals surface area contributed by atoms with Gasteiger partial charge in [-0.15, -0.1) is 0 Å². The normalized spacial score (nSPS) is 9.39. The molecule has 0 aliphatic heterocycles. The fourth-order valence-electron chi connectivity index (χ4n) is 1.20. The van der Waals surface area contributed by atoms with Crippen molar-refractivity contribution in [3.63, 3.8) is 0 Å². The van der Waals surface area contributed by atoms with E-state index < -0.39 is 5.97 Å². The van der Waals surface area contributed by atoms with Crippen LogP contribution in [0.15, 0.2) is 18.2 Å². The zero-order valence-corrected chi connectivity index (χ0v) is 10.7. The highest BCUT2D eigenvalue weighted by Gasteiger charge is 2.04. The second-order valence-electron chi connectivity index (χ2n) is 3.50. The lowest BCUT2D eigenvalue weighted by Gasteiger charge is -1.99. The number of carbonyl (C=O) groups excluding carboxylic acids is 1. The zero-order valence-electron chi connectivity index (χ0n) is 9.90. The predicted molar refractivity (Wildman–Crippen MR) is 72.4 cm³/mol. The van der Waals surface area contributed by atoms with Gasteiger partial charge in [-0.05, 0) is 18.2 Å². The maximum Gasteiger partial charge on any atom is 0.335 e. The fraction of sp³-hybridized carbons (Fsp3) is 0.231. The number of hydrogen-bond acceptors (Lipinski definition) is 4. The van der Waals surface area contributed by atoms with Crippen molar-refractivity contribution in [3.05, 3.63) is 29.3 Å². The van der Waals surface area contributed by atoms with Gasteiger partial charge in [0.05, 0.1) is 5.56 Å². The molecule has 0 unspecified atom stereocenters. The molecule has 0 saturated carbocycles. The molecule has 1 aromatic carbocycles. The Hall–Kier alpha value is -1.93. The van der Waals surface area contributed by atoms with Crippen LogP contribution in [0.25, 0.3) is 0 Å². The number of nitrogen functional groups attached to an aromatic ring is 1. The molecule has 1 aromatic rings. The third kappa shape index (κ3) is 4.52. The third-order valence-corrected chi connectivity index (χ3v) is 2.87.